The number of unbranched alkanes of at least 4 members (excludes halogenated alkanes) is 1. The summed E-state index contributed by atoms with van der Waals surface area (Å²) in [6.07, 6.45) is 5.77. The Hall–Kier alpha value is -1.35. The Kier molecular flexibility index (Phi) is 6.06. The quantitative estimate of drug-likeness (QED) is 0.828. The molecule has 1 aliphatic heterocycles. The Labute approximate surface area is 122 Å². The number of carbonyl (C=O) groups is 1. The number of nitrogens with zero attached hydrogens (tertiary/aromatic N) is 1. The Morgan fingerprint density at radius 1 is 1.25 bits per heavy atom. The van der Waals surface area contributed by atoms with Gasteiger partial charge in [-0.2, -0.15) is 0 Å². The molecule has 0 bridgehead atoms. The highest BCUT2D eigenvalue weighted by molar-refractivity contribution is 5.78. The van der Waals surface area contributed by atoms with E-state index >= 15 is 0 Å². The summed E-state index contributed by atoms with van der Waals surface area (Å²) in [4.78, 5) is 14.1. The molecule has 0 saturated carbocycles. The topological polar surface area (TPSA) is 32.3 Å². The molecule has 1 fully saturated rings. The van der Waals surface area contributed by atoms with Crippen molar-refractivity contribution >= 4 is 5.91 Å². The van der Waals surface area contributed by atoms with E-state index in [1.807, 2.05) is 11.0 Å². The first-order valence-corrected chi connectivity index (χ1v) is 7.87. The highest BCUT2D eigenvalue weighted by Crippen LogP contribution is 2.19. The minimum absolute atomic E-state index is 0.250. The molecule has 0 spiro atoms. The second kappa shape index (κ2) is 8.05. The van der Waals surface area contributed by atoms with Crippen LogP contribution in [0.3, 0.4) is 0 Å². The fraction of sp³-hybridized carbons (Fsp3) is 0.588. The Morgan fingerprint density at radius 2 is 1.95 bits per heavy atom. The van der Waals surface area contributed by atoms with Crippen LogP contribution in [0.5, 0.6) is 0 Å². The molecule has 1 aromatic rings. The predicted octanol–water partition coefficient (Wildman–Crippen LogP) is 3.13. The van der Waals surface area contributed by atoms with Crippen molar-refractivity contribution in [3.05, 3.63) is 35.9 Å². The second-order valence-corrected chi connectivity index (χ2v) is 5.57. The number of likely N-dealkylation sites (tertiary alicyclic amines) is 1. The number of hydrogen-bond donors (Lipinski definition) is 1. The number of benzene rings is 1. The van der Waals surface area contributed by atoms with Crippen molar-refractivity contribution in [1.82, 2.24) is 10.2 Å². The van der Waals surface area contributed by atoms with Crippen LogP contribution in [0.1, 0.15) is 50.6 Å². The van der Waals surface area contributed by atoms with Crippen molar-refractivity contribution in [2.75, 3.05) is 19.6 Å². The molecule has 1 N–H and O–H groups in total. The normalized spacial score (nSPS) is 16.4. The molecular weight excluding hydrogens is 248 g/mol. The van der Waals surface area contributed by atoms with Crippen LogP contribution in [0.2, 0.25) is 0 Å². The Morgan fingerprint density at radius 3 is 2.60 bits per heavy atom. The minimum atomic E-state index is 0.250. The molecule has 2 rings (SSSR count). The molecule has 1 heterocycles. The lowest BCUT2D eigenvalue weighted by Crippen LogP contribution is -2.37. The largest absolute Gasteiger partial charge is 0.342 e. The van der Waals surface area contributed by atoms with Crippen LogP contribution in [-0.2, 0) is 4.79 Å². The van der Waals surface area contributed by atoms with Crippen LogP contribution in [0, 0.1) is 0 Å². The van der Waals surface area contributed by atoms with Crippen LogP contribution in [-0.4, -0.2) is 30.4 Å². The third kappa shape index (κ3) is 4.34. The van der Waals surface area contributed by atoms with Gasteiger partial charge in [0.05, 0.1) is 6.54 Å². The first-order chi connectivity index (χ1) is 9.81. The summed E-state index contributed by atoms with van der Waals surface area (Å²) in [6, 6.07) is 10.8. The predicted molar refractivity (Wildman–Crippen MR) is 82.5 cm³/mol. The third-order valence-electron chi connectivity index (χ3n) is 4.01. The highest BCUT2D eigenvalue weighted by atomic mass is 16.2. The monoisotopic (exact) mass is 274 g/mol. The van der Waals surface area contributed by atoms with Crippen LogP contribution in [0.25, 0.3) is 0 Å². The van der Waals surface area contributed by atoms with Crippen molar-refractivity contribution in [2.24, 2.45) is 0 Å². The van der Waals surface area contributed by atoms with Gasteiger partial charge in [0, 0.05) is 19.1 Å². The maximum atomic E-state index is 12.1. The molecule has 1 atom stereocenters. The standard InChI is InChI=1S/C17H26N2O/c1-2-3-11-16(15-9-5-4-6-10-15)18-14-17(20)19-12-7-8-13-19/h4-6,9-10,16,18H,2-3,7-8,11-14H2,1H3. The van der Waals surface area contributed by atoms with E-state index in [-0.39, 0.29) is 5.91 Å². The first kappa shape index (κ1) is 15.0. The number of hydrogen-bond acceptors (Lipinski definition) is 2. The van der Waals surface area contributed by atoms with Gasteiger partial charge in [-0.3, -0.25) is 4.79 Å². The van der Waals surface area contributed by atoms with Gasteiger partial charge in [-0.15, -0.1) is 0 Å². The maximum Gasteiger partial charge on any atom is 0.236 e. The molecule has 0 aliphatic carbocycles. The molecule has 0 radical (unpaired) electrons. The molecule has 0 aromatic heterocycles. The van der Waals surface area contributed by atoms with Crippen molar-refractivity contribution in [2.45, 2.75) is 45.1 Å². The smallest absolute Gasteiger partial charge is 0.236 e. The van der Waals surface area contributed by atoms with Crippen LogP contribution in [0.4, 0.5) is 0 Å². The van der Waals surface area contributed by atoms with Crippen molar-refractivity contribution in [3.8, 4) is 0 Å². The second-order valence-electron chi connectivity index (χ2n) is 5.57. The molecule has 110 valence electrons. The van der Waals surface area contributed by atoms with Gasteiger partial charge in [-0.1, -0.05) is 50.1 Å². The summed E-state index contributed by atoms with van der Waals surface area (Å²) in [5.74, 6) is 0.250. The van der Waals surface area contributed by atoms with Crippen molar-refractivity contribution in [3.63, 3.8) is 0 Å². The molecule has 1 aromatic carbocycles. The molecular formula is C17H26N2O. The van der Waals surface area contributed by atoms with E-state index in [2.05, 4.69) is 36.5 Å². The van der Waals surface area contributed by atoms with Crippen LogP contribution < -0.4 is 5.32 Å². The van der Waals surface area contributed by atoms with Gasteiger partial charge in [0.2, 0.25) is 5.91 Å². The summed E-state index contributed by atoms with van der Waals surface area (Å²) in [5.41, 5.74) is 1.29. The third-order valence-corrected chi connectivity index (χ3v) is 4.01. The molecule has 1 aliphatic rings. The van der Waals surface area contributed by atoms with Gasteiger partial charge >= 0.3 is 0 Å². The van der Waals surface area contributed by atoms with Gasteiger partial charge in [0.25, 0.3) is 0 Å². The average molecular weight is 274 g/mol. The molecule has 1 amide bonds. The van der Waals surface area contributed by atoms with E-state index in [1.54, 1.807) is 0 Å². The highest BCUT2D eigenvalue weighted by Gasteiger charge is 2.19. The van der Waals surface area contributed by atoms with Gasteiger partial charge < -0.3 is 10.2 Å². The van der Waals surface area contributed by atoms with E-state index < -0.39 is 0 Å². The van der Waals surface area contributed by atoms with E-state index in [9.17, 15) is 4.79 Å². The zero-order chi connectivity index (χ0) is 14.2. The first-order valence-electron chi connectivity index (χ1n) is 7.87. The van der Waals surface area contributed by atoms with E-state index in [0.29, 0.717) is 12.6 Å². The van der Waals surface area contributed by atoms with Crippen LogP contribution >= 0.6 is 0 Å². The van der Waals surface area contributed by atoms with Gasteiger partial charge in [-0.05, 0) is 24.8 Å². The summed E-state index contributed by atoms with van der Waals surface area (Å²) < 4.78 is 0. The fourth-order valence-electron chi connectivity index (χ4n) is 2.77. The SMILES string of the molecule is CCCCC(NCC(=O)N1CCCC1)c1ccccc1. The lowest BCUT2D eigenvalue weighted by molar-refractivity contribution is -0.129. The number of rotatable bonds is 7. The fourth-order valence-corrected chi connectivity index (χ4v) is 2.77. The molecule has 20 heavy (non-hydrogen) atoms. The number of amides is 1. The van der Waals surface area contributed by atoms with Crippen LogP contribution in [0.15, 0.2) is 30.3 Å². The number of carbonyl (C=O) groups excluding carboxylic acids is 1. The van der Waals surface area contributed by atoms with E-state index in [1.165, 1.54) is 18.4 Å². The van der Waals surface area contributed by atoms with E-state index in [0.717, 1.165) is 32.4 Å². The summed E-state index contributed by atoms with van der Waals surface area (Å²) in [5, 5.41) is 3.46. The molecule has 3 nitrogen and oxygen atoms in total. The average Bonchev–Trinajstić information content (AvgIpc) is 3.02. The zero-order valence-electron chi connectivity index (χ0n) is 12.5. The van der Waals surface area contributed by atoms with Crippen molar-refractivity contribution < 1.29 is 4.79 Å². The minimum Gasteiger partial charge on any atom is -0.342 e. The lowest BCUT2D eigenvalue weighted by atomic mass is 10.0. The summed E-state index contributed by atoms with van der Waals surface area (Å²) in [6.45, 7) is 4.54. The van der Waals surface area contributed by atoms with E-state index in [4.69, 9.17) is 0 Å². The number of nitrogens with one attached hydrogen (secondary N) is 1. The molecule has 1 saturated heterocycles. The Bertz CT molecular complexity index is 399. The molecule has 3 heteroatoms. The van der Waals surface area contributed by atoms with Gasteiger partial charge in [0.15, 0.2) is 0 Å². The van der Waals surface area contributed by atoms with Gasteiger partial charge in [-0.25, -0.2) is 0 Å². The van der Waals surface area contributed by atoms with Crippen molar-refractivity contribution in [1.29, 1.82) is 0 Å². The Balaban J connectivity index is 1.88. The lowest BCUT2D eigenvalue weighted by Gasteiger charge is -2.21. The molecule has 1 unspecified atom stereocenters. The summed E-state index contributed by atoms with van der Waals surface area (Å²) in [7, 11) is 0. The zero-order valence-corrected chi connectivity index (χ0v) is 12.5. The maximum absolute atomic E-state index is 12.1. The van der Waals surface area contributed by atoms with Gasteiger partial charge in [0.1, 0.15) is 0 Å². The summed E-state index contributed by atoms with van der Waals surface area (Å²) >= 11 is 0.